The van der Waals surface area contributed by atoms with E-state index in [0.717, 1.165) is 22.5 Å². The van der Waals surface area contributed by atoms with E-state index < -0.39 is 10.9 Å². The van der Waals surface area contributed by atoms with Crippen molar-refractivity contribution in [3.8, 4) is 5.75 Å². The lowest BCUT2D eigenvalue weighted by Crippen LogP contribution is -2.15. The molecule has 27 heavy (non-hydrogen) atoms. The molecule has 0 aliphatic carbocycles. The first-order valence-corrected chi connectivity index (χ1v) is 9.12. The van der Waals surface area contributed by atoms with E-state index >= 15 is 0 Å². The molecule has 0 amide bonds. The largest absolute Gasteiger partial charge is 0.482 e. The molecule has 0 bridgehead atoms. The average molecular weight is 383 g/mol. The number of thiophene rings is 1. The summed E-state index contributed by atoms with van der Waals surface area (Å²) in [4.78, 5) is 22.1. The Bertz CT molecular complexity index is 923. The van der Waals surface area contributed by atoms with Gasteiger partial charge < -0.3 is 9.47 Å². The van der Waals surface area contributed by atoms with Crippen molar-refractivity contribution in [3.63, 3.8) is 0 Å². The zero-order chi connectivity index (χ0) is 19.1. The predicted molar refractivity (Wildman–Crippen MR) is 102 cm³/mol. The van der Waals surface area contributed by atoms with Crippen LogP contribution in [-0.2, 0) is 22.6 Å². The normalized spacial score (nSPS) is 10.4. The van der Waals surface area contributed by atoms with Gasteiger partial charge in [-0.3, -0.25) is 10.1 Å². The second-order valence-electron chi connectivity index (χ2n) is 5.77. The van der Waals surface area contributed by atoms with E-state index in [-0.39, 0.29) is 18.2 Å². The molecule has 7 heteroatoms. The Hall–Kier alpha value is -3.19. The first-order valence-electron chi connectivity index (χ1n) is 8.24. The first-order chi connectivity index (χ1) is 13.1. The Kier molecular flexibility index (Phi) is 6.17. The minimum atomic E-state index is -0.529. The quantitative estimate of drug-likeness (QED) is 0.328. The van der Waals surface area contributed by atoms with Crippen LogP contribution in [0.1, 0.15) is 16.7 Å². The van der Waals surface area contributed by atoms with Crippen molar-refractivity contribution in [2.45, 2.75) is 13.0 Å². The summed E-state index contributed by atoms with van der Waals surface area (Å²) in [5.41, 5.74) is 2.71. The van der Waals surface area contributed by atoms with Crippen molar-refractivity contribution in [1.29, 1.82) is 0 Å². The molecule has 0 spiro atoms. The van der Waals surface area contributed by atoms with Gasteiger partial charge in [0.05, 0.1) is 4.92 Å². The van der Waals surface area contributed by atoms with Gasteiger partial charge in [0.25, 0.3) is 0 Å². The number of hydrogen-bond acceptors (Lipinski definition) is 6. The van der Waals surface area contributed by atoms with Crippen LogP contribution in [0.15, 0.2) is 66.0 Å². The highest BCUT2D eigenvalue weighted by Crippen LogP contribution is 2.23. The molecule has 0 saturated carbocycles. The van der Waals surface area contributed by atoms with E-state index in [9.17, 15) is 14.9 Å². The van der Waals surface area contributed by atoms with Crippen LogP contribution in [0.2, 0.25) is 0 Å². The average Bonchev–Trinajstić information content (AvgIpc) is 3.16. The van der Waals surface area contributed by atoms with Gasteiger partial charge in [0, 0.05) is 23.4 Å². The molecule has 0 atom stereocenters. The van der Waals surface area contributed by atoms with E-state index in [2.05, 4.69) is 0 Å². The number of hydrogen-bond donors (Lipinski definition) is 0. The Morgan fingerprint density at radius 3 is 2.52 bits per heavy atom. The van der Waals surface area contributed by atoms with Crippen LogP contribution in [-0.4, -0.2) is 17.5 Å². The number of esters is 1. The van der Waals surface area contributed by atoms with E-state index in [1.807, 2.05) is 54.6 Å². The smallest absolute Gasteiger partial charge is 0.344 e. The summed E-state index contributed by atoms with van der Waals surface area (Å²) >= 11 is 1.00. The fraction of sp³-hybridized carbons (Fsp3) is 0.150. The number of benzene rings is 2. The number of nitrogens with zero attached hydrogens (tertiary/aromatic N) is 1. The maximum Gasteiger partial charge on any atom is 0.344 e. The third-order valence-electron chi connectivity index (χ3n) is 3.78. The van der Waals surface area contributed by atoms with Crippen LogP contribution < -0.4 is 4.74 Å². The zero-order valence-corrected chi connectivity index (χ0v) is 15.2. The summed E-state index contributed by atoms with van der Waals surface area (Å²) in [5.74, 6) is 0.0999. The Morgan fingerprint density at radius 1 is 1.04 bits per heavy atom. The number of ether oxygens (including phenoxy) is 2. The molecule has 1 aromatic heterocycles. The van der Waals surface area contributed by atoms with Crippen LogP contribution in [0.4, 0.5) is 5.00 Å². The van der Waals surface area contributed by atoms with E-state index in [4.69, 9.17) is 9.47 Å². The van der Waals surface area contributed by atoms with Crippen molar-refractivity contribution >= 4 is 22.3 Å². The fourth-order valence-corrected chi connectivity index (χ4v) is 3.20. The van der Waals surface area contributed by atoms with Gasteiger partial charge in [0.1, 0.15) is 12.4 Å². The number of nitro groups is 1. The molecule has 2 aromatic carbocycles. The van der Waals surface area contributed by atoms with Gasteiger partial charge in [0.2, 0.25) is 0 Å². The maximum absolute atomic E-state index is 11.9. The summed E-state index contributed by atoms with van der Waals surface area (Å²) in [6.07, 6.45) is 0.699. The van der Waals surface area contributed by atoms with E-state index in [0.29, 0.717) is 17.7 Å². The molecule has 3 rings (SSSR count). The molecule has 0 fully saturated rings. The van der Waals surface area contributed by atoms with Crippen molar-refractivity contribution in [2.75, 3.05) is 6.61 Å². The summed E-state index contributed by atoms with van der Waals surface area (Å²) in [6.45, 7) is -0.240. The minimum absolute atomic E-state index is 0.0157. The van der Waals surface area contributed by atoms with Crippen molar-refractivity contribution in [1.82, 2.24) is 0 Å². The van der Waals surface area contributed by atoms with Gasteiger partial charge in [-0.25, -0.2) is 4.79 Å². The van der Waals surface area contributed by atoms with Crippen molar-refractivity contribution in [3.05, 3.63) is 92.8 Å². The number of rotatable bonds is 8. The standard InChI is InChI=1S/C20H17NO5S/c22-20(26-12-16-11-19(21(23)24)27-14-16)13-25-18-9-5-4-8-17(18)10-15-6-2-1-3-7-15/h1-9,11,14H,10,12-13H2. The van der Waals surface area contributed by atoms with Crippen molar-refractivity contribution in [2.24, 2.45) is 0 Å². The maximum atomic E-state index is 11.9. The SMILES string of the molecule is O=C(COc1ccccc1Cc1ccccc1)OCc1csc([N+](=O)[O-])c1. The minimum Gasteiger partial charge on any atom is -0.482 e. The highest BCUT2D eigenvalue weighted by molar-refractivity contribution is 7.13. The van der Waals surface area contributed by atoms with Crippen LogP contribution in [0.25, 0.3) is 0 Å². The molecule has 0 unspecified atom stereocenters. The lowest BCUT2D eigenvalue weighted by atomic mass is 10.0. The van der Waals surface area contributed by atoms with Crippen LogP contribution in [0, 0.1) is 10.1 Å². The third-order valence-corrected chi connectivity index (χ3v) is 4.70. The third kappa shape index (κ3) is 5.39. The molecular formula is C20H17NO5S. The van der Waals surface area contributed by atoms with Crippen molar-refractivity contribution < 1.29 is 19.2 Å². The Balaban J connectivity index is 1.53. The zero-order valence-electron chi connectivity index (χ0n) is 14.4. The molecule has 0 aliphatic rings. The fourth-order valence-electron chi connectivity index (χ4n) is 2.48. The molecule has 1 heterocycles. The Labute approximate surface area is 160 Å². The molecule has 6 nitrogen and oxygen atoms in total. The first kappa shape index (κ1) is 18.6. The van der Waals surface area contributed by atoms with Gasteiger partial charge >= 0.3 is 11.0 Å². The monoisotopic (exact) mass is 383 g/mol. The van der Waals surface area contributed by atoms with Gasteiger partial charge in [-0.05, 0) is 17.2 Å². The van der Waals surface area contributed by atoms with Crippen LogP contribution >= 0.6 is 11.3 Å². The summed E-state index contributed by atoms with van der Waals surface area (Å²) < 4.78 is 10.7. The van der Waals surface area contributed by atoms with Crippen LogP contribution in [0.3, 0.4) is 0 Å². The van der Waals surface area contributed by atoms with E-state index in [1.165, 1.54) is 6.07 Å². The number of carbonyl (C=O) groups is 1. The number of carbonyl (C=O) groups excluding carboxylic acids is 1. The highest BCUT2D eigenvalue weighted by atomic mass is 32.1. The molecule has 3 aromatic rings. The molecule has 0 saturated heterocycles. The topological polar surface area (TPSA) is 78.7 Å². The van der Waals surface area contributed by atoms with Gasteiger partial charge in [0.15, 0.2) is 6.61 Å². The summed E-state index contributed by atoms with van der Waals surface area (Å²) in [7, 11) is 0. The van der Waals surface area contributed by atoms with Gasteiger partial charge in [-0.15, -0.1) is 0 Å². The second-order valence-corrected chi connectivity index (χ2v) is 6.66. The highest BCUT2D eigenvalue weighted by Gasteiger charge is 2.12. The van der Waals surface area contributed by atoms with Gasteiger partial charge in [-0.2, -0.15) is 0 Å². The second kappa shape index (κ2) is 8.95. The van der Waals surface area contributed by atoms with Crippen LogP contribution in [0.5, 0.6) is 5.75 Å². The molecule has 0 radical (unpaired) electrons. The van der Waals surface area contributed by atoms with Gasteiger partial charge in [-0.1, -0.05) is 59.9 Å². The summed E-state index contributed by atoms with van der Waals surface area (Å²) in [6, 6.07) is 18.9. The Morgan fingerprint density at radius 2 is 1.78 bits per heavy atom. The predicted octanol–water partition coefficient (Wildman–Crippen LogP) is 4.37. The summed E-state index contributed by atoms with van der Waals surface area (Å²) in [5, 5.41) is 12.3. The molecule has 0 N–H and O–H groups in total. The lowest BCUT2D eigenvalue weighted by Gasteiger charge is -2.11. The number of para-hydroxylation sites is 1. The molecule has 0 aliphatic heterocycles. The molecule has 138 valence electrons. The van der Waals surface area contributed by atoms with E-state index in [1.54, 1.807) is 5.38 Å². The molecular weight excluding hydrogens is 366 g/mol. The lowest BCUT2D eigenvalue weighted by molar-refractivity contribution is -0.380.